The Morgan fingerprint density at radius 2 is 1.69 bits per heavy atom. The van der Waals surface area contributed by atoms with Gasteiger partial charge in [0.2, 0.25) is 0 Å². The van der Waals surface area contributed by atoms with E-state index in [-0.39, 0.29) is 39.7 Å². The molecule has 0 aromatic heterocycles. The van der Waals surface area contributed by atoms with Crippen LogP contribution in [0.2, 0.25) is 10.0 Å². The number of benzene rings is 3. The Morgan fingerprint density at radius 1 is 1.00 bits per heavy atom. The fourth-order valence-electron chi connectivity index (χ4n) is 3.87. The second-order valence-corrected chi connectivity index (χ2v) is 8.83. The first-order valence-electron chi connectivity index (χ1n) is 11.0. The fraction of sp³-hybridized carbons (Fsp3) is 0.185. The van der Waals surface area contributed by atoms with Crippen LogP contribution in [-0.2, 0) is 11.4 Å². The van der Waals surface area contributed by atoms with Gasteiger partial charge < -0.3 is 14.5 Å². The Kier molecular flexibility index (Phi) is 7.91. The molecule has 0 radical (unpaired) electrons. The van der Waals surface area contributed by atoms with Crippen LogP contribution >= 0.6 is 23.2 Å². The molecule has 0 spiro atoms. The molecule has 35 heavy (non-hydrogen) atoms. The molecule has 0 aliphatic carbocycles. The van der Waals surface area contributed by atoms with E-state index in [0.29, 0.717) is 37.3 Å². The van der Waals surface area contributed by atoms with Gasteiger partial charge in [-0.2, -0.15) is 5.26 Å². The number of para-hydroxylation sites is 1. The summed E-state index contributed by atoms with van der Waals surface area (Å²) >= 11 is 12.7. The highest BCUT2D eigenvalue weighted by molar-refractivity contribution is 6.37. The van der Waals surface area contributed by atoms with E-state index in [2.05, 4.69) is 4.90 Å². The van der Waals surface area contributed by atoms with Crippen LogP contribution < -0.4 is 9.64 Å². The minimum Gasteiger partial charge on any atom is -0.486 e. The first kappa shape index (κ1) is 24.6. The number of hydrogen-bond donors (Lipinski definition) is 0. The summed E-state index contributed by atoms with van der Waals surface area (Å²) in [6, 6.07) is 21.2. The number of hydrogen-bond acceptors (Lipinski definition) is 4. The number of piperazine rings is 1. The van der Waals surface area contributed by atoms with Crippen molar-refractivity contribution in [2.45, 2.75) is 6.61 Å². The highest BCUT2D eigenvalue weighted by Crippen LogP contribution is 2.35. The maximum atomic E-state index is 13.4. The van der Waals surface area contributed by atoms with E-state index in [0.717, 1.165) is 5.69 Å². The first-order valence-corrected chi connectivity index (χ1v) is 11.8. The molecule has 3 aromatic carbocycles. The third-order valence-electron chi connectivity index (χ3n) is 5.64. The standard InChI is InChI=1S/C27H22Cl2FN3O2/c28-24-15-20(16-25(29)26(24)35-18-19-5-4-6-22(30)14-19)13-21(17-31)27(34)33-11-9-32(10-12-33)23-7-2-1-3-8-23/h1-8,13-16H,9-12,18H2. The summed E-state index contributed by atoms with van der Waals surface area (Å²) < 4.78 is 19.1. The number of nitrogens with zero attached hydrogens (tertiary/aromatic N) is 3. The summed E-state index contributed by atoms with van der Waals surface area (Å²) in [6.45, 7) is 2.48. The Hall–Kier alpha value is -3.53. The van der Waals surface area contributed by atoms with Crippen molar-refractivity contribution in [3.63, 3.8) is 0 Å². The highest BCUT2D eigenvalue weighted by atomic mass is 35.5. The third kappa shape index (κ3) is 6.13. The quantitative estimate of drug-likeness (QED) is 0.303. The zero-order valence-corrected chi connectivity index (χ0v) is 20.3. The van der Waals surface area contributed by atoms with Gasteiger partial charge in [0, 0.05) is 31.9 Å². The average Bonchev–Trinajstić information content (AvgIpc) is 2.87. The summed E-state index contributed by atoms with van der Waals surface area (Å²) in [4.78, 5) is 16.9. The third-order valence-corrected chi connectivity index (χ3v) is 6.20. The van der Waals surface area contributed by atoms with Crippen LogP contribution in [0.1, 0.15) is 11.1 Å². The lowest BCUT2D eigenvalue weighted by Crippen LogP contribution is -2.49. The van der Waals surface area contributed by atoms with Gasteiger partial charge in [-0.05, 0) is 53.6 Å². The second kappa shape index (κ2) is 11.3. The summed E-state index contributed by atoms with van der Waals surface area (Å²) in [5.41, 5.74) is 2.25. The molecule has 8 heteroatoms. The molecule has 0 unspecified atom stereocenters. The van der Waals surface area contributed by atoms with Gasteiger partial charge in [-0.1, -0.05) is 53.5 Å². The van der Waals surface area contributed by atoms with Gasteiger partial charge in [0.25, 0.3) is 5.91 Å². The zero-order chi connectivity index (χ0) is 24.8. The molecule has 1 heterocycles. The Morgan fingerprint density at radius 3 is 2.31 bits per heavy atom. The van der Waals surface area contributed by atoms with Gasteiger partial charge in [-0.15, -0.1) is 0 Å². The van der Waals surface area contributed by atoms with Crippen molar-refractivity contribution >= 4 is 40.9 Å². The fourth-order valence-corrected chi connectivity index (χ4v) is 4.48. The van der Waals surface area contributed by atoms with Crippen LogP contribution in [0.3, 0.4) is 0 Å². The minimum atomic E-state index is -0.362. The number of halogens is 3. The van der Waals surface area contributed by atoms with Crippen LogP contribution in [-0.4, -0.2) is 37.0 Å². The molecule has 5 nitrogen and oxygen atoms in total. The number of carbonyl (C=O) groups is 1. The topological polar surface area (TPSA) is 56.6 Å². The molecule has 0 atom stereocenters. The number of anilines is 1. The first-order chi connectivity index (χ1) is 16.9. The summed E-state index contributed by atoms with van der Waals surface area (Å²) in [7, 11) is 0. The molecule has 0 N–H and O–H groups in total. The van der Waals surface area contributed by atoms with Crippen molar-refractivity contribution in [3.8, 4) is 11.8 Å². The van der Waals surface area contributed by atoms with Crippen molar-refractivity contribution in [1.82, 2.24) is 4.90 Å². The van der Waals surface area contributed by atoms with Crippen molar-refractivity contribution in [3.05, 3.63) is 99.3 Å². The lowest BCUT2D eigenvalue weighted by Gasteiger charge is -2.36. The van der Waals surface area contributed by atoms with E-state index in [1.165, 1.54) is 18.2 Å². The molecule has 1 saturated heterocycles. The molecule has 0 saturated carbocycles. The van der Waals surface area contributed by atoms with Crippen molar-refractivity contribution in [2.24, 2.45) is 0 Å². The summed E-state index contributed by atoms with van der Waals surface area (Å²) in [5, 5.41) is 10.1. The Balaban J connectivity index is 1.43. The zero-order valence-electron chi connectivity index (χ0n) is 18.8. The molecular weight excluding hydrogens is 488 g/mol. The molecule has 3 aromatic rings. The van der Waals surface area contributed by atoms with E-state index in [9.17, 15) is 14.4 Å². The van der Waals surface area contributed by atoms with Crippen molar-refractivity contribution in [2.75, 3.05) is 31.1 Å². The number of amides is 1. The molecule has 1 aliphatic rings. The maximum Gasteiger partial charge on any atom is 0.264 e. The van der Waals surface area contributed by atoms with Crippen molar-refractivity contribution in [1.29, 1.82) is 5.26 Å². The van der Waals surface area contributed by atoms with E-state index >= 15 is 0 Å². The van der Waals surface area contributed by atoms with Crippen LogP contribution in [0.5, 0.6) is 5.75 Å². The lowest BCUT2D eigenvalue weighted by atomic mass is 10.1. The predicted octanol–water partition coefficient (Wildman–Crippen LogP) is 5.97. The van der Waals surface area contributed by atoms with Crippen LogP contribution in [0.4, 0.5) is 10.1 Å². The normalized spacial score (nSPS) is 13.9. The molecule has 4 rings (SSSR count). The SMILES string of the molecule is N#CC(=Cc1cc(Cl)c(OCc2cccc(F)c2)c(Cl)c1)C(=O)N1CCN(c2ccccc2)CC1. The highest BCUT2D eigenvalue weighted by Gasteiger charge is 2.24. The predicted molar refractivity (Wildman–Crippen MR) is 136 cm³/mol. The Labute approximate surface area is 213 Å². The number of ether oxygens (including phenoxy) is 1. The largest absolute Gasteiger partial charge is 0.486 e. The molecule has 0 bridgehead atoms. The second-order valence-electron chi connectivity index (χ2n) is 8.02. The maximum absolute atomic E-state index is 13.4. The van der Waals surface area contributed by atoms with Crippen LogP contribution in [0.15, 0.2) is 72.3 Å². The van der Waals surface area contributed by atoms with Gasteiger partial charge in [0.05, 0.1) is 10.0 Å². The number of carbonyl (C=O) groups excluding carboxylic acids is 1. The van der Waals surface area contributed by atoms with Gasteiger partial charge in [-0.25, -0.2) is 4.39 Å². The smallest absolute Gasteiger partial charge is 0.264 e. The number of rotatable bonds is 6. The summed E-state index contributed by atoms with van der Waals surface area (Å²) in [5.74, 6) is -0.450. The van der Waals surface area contributed by atoms with Gasteiger partial charge in [-0.3, -0.25) is 4.79 Å². The van der Waals surface area contributed by atoms with E-state index in [1.807, 2.05) is 36.4 Å². The van der Waals surface area contributed by atoms with Gasteiger partial charge in [0.1, 0.15) is 24.1 Å². The molecular formula is C27H22Cl2FN3O2. The molecule has 1 aliphatic heterocycles. The van der Waals surface area contributed by atoms with Crippen molar-refractivity contribution < 1.29 is 13.9 Å². The van der Waals surface area contributed by atoms with Crippen LogP contribution in [0, 0.1) is 17.1 Å². The number of nitriles is 1. The molecule has 1 amide bonds. The average molecular weight is 510 g/mol. The molecule has 178 valence electrons. The van der Waals surface area contributed by atoms with E-state index < -0.39 is 0 Å². The lowest BCUT2D eigenvalue weighted by molar-refractivity contribution is -0.126. The molecule has 1 fully saturated rings. The minimum absolute atomic E-state index is 0.00118. The Bertz CT molecular complexity index is 1260. The van der Waals surface area contributed by atoms with Gasteiger partial charge >= 0.3 is 0 Å². The van der Waals surface area contributed by atoms with E-state index in [1.54, 1.807) is 29.2 Å². The monoisotopic (exact) mass is 509 g/mol. The summed E-state index contributed by atoms with van der Waals surface area (Å²) in [6.07, 6.45) is 1.47. The van der Waals surface area contributed by atoms with Gasteiger partial charge in [0.15, 0.2) is 5.75 Å². The van der Waals surface area contributed by atoms with Crippen LogP contribution in [0.25, 0.3) is 6.08 Å². The van der Waals surface area contributed by atoms with E-state index in [4.69, 9.17) is 27.9 Å².